The second kappa shape index (κ2) is 4.87. The maximum Gasteiger partial charge on any atom is 0.497 e. The number of alkyl halides is 1. The number of halogens is 2. The number of hydrogen-bond acceptors (Lipinski definition) is 2. The predicted octanol–water partition coefficient (Wildman–Crippen LogP) is 3.58. The number of hydrogen-bond donors (Lipinski definition) is 0. The summed E-state index contributed by atoms with van der Waals surface area (Å²) in [5.74, 6) is -0.290. The van der Waals surface area contributed by atoms with Crippen molar-refractivity contribution in [3.8, 4) is 0 Å². The van der Waals surface area contributed by atoms with Crippen LogP contribution in [-0.2, 0) is 9.31 Å². The summed E-state index contributed by atoms with van der Waals surface area (Å²) in [7, 11) is -0.648. The van der Waals surface area contributed by atoms with Crippen LogP contribution in [0.4, 0.5) is 4.39 Å². The van der Waals surface area contributed by atoms with E-state index in [2.05, 4.69) is 15.9 Å². The summed E-state index contributed by atoms with van der Waals surface area (Å²) in [4.78, 5) is 0.120. The molecular weight excluding hydrogens is 310 g/mol. The third kappa shape index (κ3) is 2.74. The van der Waals surface area contributed by atoms with Crippen LogP contribution in [0.25, 0.3) is 0 Å². The minimum Gasteiger partial charge on any atom is -0.399 e. The van der Waals surface area contributed by atoms with E-state index < -0.39 is 18.3 Å². The van der Waals surface area contributed by atoms with Crippen molar-refractivity contribution >= 4 is 28.5 Å². The molecule has 1 heterocycles. The highest BCUT2D eigenvalue weighted by Crippen LogP contribution is 2.36. The lowest BCUT2D eigenvalue weighted by Crippen LogP contribution is -2.41. The maximum atomic E-state index is 14.2. The first-order chi connectivity index (χ1) is 8.64. The molecule has 5 heteroatoms. The third-order valence-electron chi connectivity index (χ3n) is 3.99. The van der Waals surface area contributed by atoms with Crippen molar-refractivity contribution in [3.63, 3.8) is 0 Å². The molecule has 1 saturated heterocycles. The van der Waals surface area contributed by atoms with Crippen LogP contribution in [0.2, 0.25) is 0 Å². The SMILES string of the molecule is CC(Br)c1ccc(B2OC(C)(C)C(C)(C)O2)c(F)c1. The summed E-state index contributed by atoms with van der Waals surface area (Å²) in [5, 5.41) is 0. The number of benzene rings is 1. The average molecular weight is 329 g/mol. The Bertz CT molecular complexity index is 472. The summed E-state index contributed by atoms with van der Waals surface area (Å²) in [6, 6.07) is 5.16. The Labute approximate surface area is 122 Å². The molecule has 1 unspecified atom stereocenters. The molecule has 0 radical (unpaired) electrons. The second-order valence-electron chi connectivity index (χ2n) is 5.99. The van der Waals surface area contributed by atoms with Crippen molar-refractivity contribution in [1.82, 2.24) is 0 Å². The lowest BCUT2D eigenvalue weighted by Gasteiger charge is -2.32. The van der Waals surface area contributed by atoms with Gasteiger partial charge in [0.05, 0.1) is 11.2 Å². The Morgan fingerprint density at radius 3 is 2.11 bits per heavy atom. The highest BCUT2D eigenvalue weighted by molar-refractivity contribution is 9.09. The van der Waals surface area contributed by atoms with E-state index >= 15 is 0 Å². The largest absolute Gasteiger partial charge is 0.497 e. The normalized spacial score (nSPS) is 22.6. The Morgan fingerprint density at radius 2 is 1.68 bits per heavy atom. The van der Waals surface area contributed by atoms with Gasteiger partial charge in [0.2, 0.25) is 0 Å². The van der Waals surface area contributed by atoms with Crippen LogP contribution in [-0.4, -0.2) is 18.3 Å². The zero-order chi connectivity index (χ0) is 14.4. The first-order valence-corrected chi connectivity index (χ1v) is 7.35. The molecule has 0 aliphatic carbocycles. The van der Waals surface area contributed by atoms with Crippen LogP contribution in [0.15, 0.2) is 18.2 Å². The van der Waals surface area contributed by atoms with Gasteiger partial charge in [0.25, 0.3) is 0 Å². The fraction of sp³-hybridized carbons (Fsp3) is 0.571. The Morgan fingerprint density at radius 1 is 1.16 bits per heavy atom. The molecule has 19 heavy (non-hydrogen) atoms. The average Bonchev–Trinajstić information content (AvgIpc) is 2.47. The lowest BCUT2D eigenvalue weighted by molar-refractivity contribution is 0.00578. The van der Waals surface area contributed by atoms with Gasteiger partial charge >= 0.3 is 7.12 Å². The monoisotopic (exact) mass is 328 g/mol. The Balaban J connectivity index is 2.30. The maximum absolute atomic E-state index is 14.2. The van der Waals surface area contributed by atoms with Crippen molar-refractivity contribution in [2.75, 3.05) is 0 Å². The standard InChI is InChI=1S/C14H19BBrFO2/c1-9(16)10-6-7-11(12(17)8-10)15-18-13(2,3)14(4,5)19-15/h6-9H,1-5H3. The van der Waals surface area contributed by atoms with Gasteiger partial charge in [-0.1, -0.05) is 28.1 Å². The van der Waals surface area contributed by atoms with Gasteiger partial charge < -0.3 is 9.31 Å². The second-order valence-corrected chi connectivity index (χ2v) is 7.36. The van der Waals surface area contributed by atoms with Crippen molar-refractivity contribution in [1.29, 1.82) is 0 Å². The zero-order valence-corrected chi connectivity index (χ0v) is 13.5. The number of rotatable bonds is 2. The summed E-state index contributed by atoms with van der Waals surface area (Å²) >= 11 is 3.43. The van der Waals surface area contributed by atoms with E-state index in [1.165, 1.54) is 6.07 Å². The van der Waals surface area contributed by atoms with E-state index in [4.69, 9.17) is 9.31 Å². The van der Waals surface area contributed by atoms with Crippen LogP contribution < -0.4 is 5.46 Å². The highest BCUT2D eigenvalue weighted by Gasteiger charge is 2.52. The van der Waals surface area contributed by atoms with Crippen LogP contribution in [0.5, 0.6) is 0 Å². The van der Waals surface area contributed by atoms with Gasteiger partial charge in [0.1, 0.15) is 5.82 Å². The van der Waals surface area contributed by atoms with Crippen LogP contribution >= 0.6 is 15.9 Å². The molecule has 1 aromatic rings. The molecule has 1 aliphatic heterocycles. The molecule has 0 bridgehead atoms. The van der Waals surface area contributed by atoms with Gasteiger partial charge in [-0.2, -0.15) is 0 Å². The molecule has 2 rings (SSSR count). The zero-order valence-electron chi connectivity index (χ0n) is 12.0. The smallest absolute Gasteiger partial charge is 0.399 e. The Kier molecular flexibility index (Phi) is 3.84. The predicted molar refractivity (Wildman–Crippen MR) is 79.5 cm³/mol. The van der Waals surface area contributed by atoms with E-state index in [0.717, 1.165) is 5.56 Å². The van der Waals surface area contributed by atoms with Gasteiger partial charge in [-0.3, -0.25) is 0 Å². The van der Waals surface area contributed by atoms with Gasteiger partial charge in [-0.05, 0) is 46.2 Å². The molecule has 104 valence electrons. The van der Waals surface area contributed by atoms with E-state index in [1.54, 1.807) is 6.07 Å². The van der Waals surface area contributed by atoms with Gasteiger partial charge in [0.15, 0.2) is 0 Å². The fourth-order valence-corrected chi connectivity index (χ4v) is 2.24. The van der Waals surface area contributed by atoms with Crippen molar-refractivity contribution < 1.29 is 13.7 Å². The van der Waals surface area contributed by atoms with E-state index in [1.807, 2.05) is 40.7 Å². The molecule has 0 N–H and O–H groups in total. The molecule has 2 nitrogen and oxygen atoms in total. The van der Waals surface area contributed by atoms with Crippen LogP contribution in [0, 0.1) is 5.82 Å². The van der Waals surface area contributed by atoms with Gasteiger partial charge in [-0.15, -0.1) is 0 Å². The van der Waals surface area contributed by atoms with Crippen molar-refractivity contribution in [3.05, 3.63) is 29.6 Å². The molecule has 1 aromatic carbocycles. The molecule has 1 aliphatic rings. The Hall–Kier alpha value is -0.385. The molecule has 1 atom stereocenters. The van der Waals surface area contributed by atoms with Crippen LogP contribution in [0.3, 0.4) is 0 Å². The fourth-order valence-electron chi connectivity index (χ4n) is 1.95. The highest BCUT2D eigenvalue weighted by atomic mass is 79.9. The lowest BCUT2D eigenvalue weighted by atomic mass is 9.78. The first kappa shape index (κ1) is 15.0. The minimum atomic E-state index is -0.648. The molecule has 1 fully saturated rings. The van der Waals surface area contributed by atoms with E-state index in [9.17, 15) is 4.39 Å². The molecule has 0 saturated carbocycles. The van der Waals surface area contributed by atoms with Crippen molar-refractivity contribution in [2.45, 2.75) is 50.6 Å². The van der Waals surface area contributed by atoms with Gasteiger partial charge in [0, 0.05) is 10.3 Å². The first-order valence-electron chi connectivity index (χ1n) is 6.43. The summed E-state index contributed by atoms with van der Waals surface area (Å²) in [5.41, 5.74) is 0.449. The molecule has 0 amide bonds. The van der Waals surface area contributed by atoms with E-state index in [-0.39, 0.29) is 10.6 Å². The summed E-state index contributed by atoms with van der Waals surface area (Å²) in [6.45, 7) is 9.79. The topological polar surface area (TPSA) is 18.5 Å². The van der Waals surface area contributed by atoms with Crippen molar-refractivity contribution in [2.24, 2.45) is 0 Å². The minimum absolute atomic E-state index is 0.120. The molecular formula is C14H19BBrFO2. The van der Waals surface area contributed by atoms with Crippen LogP contribution in [0.1, 0.15) is 45.0 Å². The molecule has 0 aromatic heterocycles. The quantitative estimate of drug-likeness (QED) is 0.610. The van der Waals surface area contributed by atoms with Gasteiger partial charge in [-0.25, -0.2) is 4.39 Å². The summed E-state index contributed by atoms with van der Waals surface area (Å²) < 4.78 is 25.9. The summed E-state index contributed by atoms with van der Waals surface area (Å²) in [6.07, 6.45) is 0. The van der Waals surface area contributed by atoms with E-state index in [0.29, 0.717) is 5.46 Å². The molecule has 0 spiro atoms. The third-order valence-corrected chi connectivity index (χ3v) is 4.52.